The quantitative estimate of drug-likeness (QED) is 0.781. The standard InChI is InChI=1S/C17H16F3N3O/c1-11-7-8-23(22-11)16(2,3)15(24)10-12-5-6-14(21-4)13(9-12)17(18,19)20/h5-9H,10H2,1-3H3. The number of nitrogens with zero attached hydrogens (tertiary/aromatic N) is 3. The molecule has 0 saturated heterocycles. The van der Waals surface area contributed by atoms with Gasteiger partial charge in [-0.2, -0.15) is 18.3 Å². The molecular formula is C17H16F3N3O. The molecule has 0 aliphatic heterocycles. The van der Waals surface area contributed by atoms with Crippen LogP contribution in [0.3, 0.4) is 0 Å². The van der Waals surface area contributed by atoms with Gasteiger partial charge in [-0.15, -0.1) is 0 Å². The summed E-state index contributed by atoms with van der Waals surface area (Å²) in [5, 5.41) is 4.21. The van der Waals surface area contributed by atoms with Crippen LogP contribution < -0.4 is 0 Å². The van der Waals surface area contributed by atoms with E-state index >= 15 is 0 Å². The predicted molar refractivity (Wildman–Crippen MR) is 82.7 cm³/mol. The van der Waals surface area contributed by atoms with Gasteiger partial charge in [-0.1, -0.05) is 18.2 Å². The third-order valence-corrected chi connectivity index (χ3v) is 3.83. The number of halogens is 3. The Morgan fingerprint density at radius 1 is 1.29 bits per heavy atom. The molecule has 0 spiro atoms. The largest absolute Gasteiger partial charge is 0.407 e. The molecule has 7 heteroatoms. The maximum Gasteiger partial charge on any atom is 0.407 e. The molecule has 0 aliphatic rings. The van der Waals surface area contributed by atoms with E-state index in [9.17, 15) is 18.0 Å². The zero-order valence-corrected chi connectivity index (χ0v) is 13.5. The number of alkyl halides is 3. The first kappa shape index (κ1) is 17.7. The Morgan fingerprint density at radius 2 is 1.96 bits per heavy atom. The molecule has 0 unspecified atom stereocenters. The topological polar surface area (TPSA) is 39.2 Å². The van der Waals surface area contributed by atoms with Gasteiger partial charge in [0.1, 0.15) is 5.54 Å². The van der Waals surface area contributed by atoms with Crippen molar-refractivity contribution in [2.24, 2.45) is 0 Å². The lowest BCUT2D eigenvalue weighted by atomic mass is 9.93. The molecule has 0 aliphatic carbocycles. The lowest BCUT2D eigenvalue weighted by molar-refractivity contribution is -0.137. The van der Waals surface area contributed by atoms with Crippen LogP contribution in [0.4, 0.5) is 18.9 Å². The third kappa shape index (κ3) is 3.48. The Labute approximate surface area is 137 Å². The minimum Gasteiger partial charge on any atom is -0.297 e. The molecule has 1 aromatic carbocycles. The summed E-state index contributed by atoms with van der Waals surface area (Å²) in [4.78, 5) is 15.4. The van der Waals surface area contributed by atoms with Crippen LogP contribution in [0.15, 0.2) is 30.5 Å². The van der Waals surface area contributed by atoms with Crippen LogP contribution >= 0.6 is 0 Å². The molecule has 0 amide bonds. The van der Waals surface area contributed by atoms with E-state index in [2.05, 4.69) is 9.94 Å². The van der Waals surface area contributed by atoms with E-state index < -0.39 is 23.0 Å². The van der Waals surface area contributed by atoms with E-state index in [4.69, 9.17) is 6.57 Å². The van der Waals surface area contributed by atoms with Gasteiger partial charge in [0.15, 0.2) is 11.5 Å². The van der Waals surface area contributed by atoms with Crippen molar-refractivity contribution in [2.45, 2.75) is 38.9 Å². The number of ketones is 1. The summed E-state index contributed by atoms with van der Waals surface area (Å²) in [6, 6.07) is 5.10. The van der Waals surface area contributed by atoms with E-state index in [0.29, 0.717) is 0 Å². The van der Waals surface area contributed by atoms with Crippen LogP contribution in [0.5, 0.6) is 0 Å². The summed E-state index contributed by atoms with van der Waals surface area (Å²) < 4.78 is 40.5. The van der Waals surface area contributed by atoms with Crippen LogP contribution in [0.25, 0.3) is 4.85 Å². The minimum atomic E-state index is -4.63. The van der Waals surface area contributed by atoms with Crippen LogP contribution in [0, 0.1) is 13.5 Å². The fourth-order valence-electron chi connectivity index (χ4n) is 2.27. The van der Waals surface area contributed by atoms with E-state index in [0.717, 1.165) is 17.8 Å². The monoisotopic (exact) mass is 335 g/mol. The SMILES string of the molecule is [C-]#[N+]c1ccc(CC(=O)C(C)(C)n2ccc(C)n2)cc1C(F)(F)F. The number of hydrogen-bond acceptors (Lipinski definition) is 2. The van der Waals surface area contributed by atoms with E-state index in [1.165, 1.54) is 10.7 Å². The molecule has 1 heterocycles. The summed E-state index contributed by atoms with van der Waals surface area (Å²) in [5.41, 5.74) is -1.50. The zero-order valence-electron chi connectivity index (χ0n) is 13.5. The molecule has 2 rings (SSSR count). The predicted octanol–water partition coefficient (Wildman–Crippen LogP) is 4.31. The van der Waals surface area contributed by atoms with Gasteiger partial charge < -0.3 is 0 Å². The number of hydrogen-bond donors (Lipinski definition) is 0. The minimum absolute atomic E-state index is 0.173. The second-order valence-corrected chi connectivity index (χ2v) is 6.02. The first-order chi connectivity index (χ1) is 11.1. The molecule has 126 valence electrons. The van der Waals surface area contributed by atoms with Crippen molar-refractivity contribution in [2.75, 3.05) is 0 Å². The van der Waals surface area contributed by atoms with Crippen molar-refractivity contribution < 1.29 is 18.0 Å². The van der Waals surface area contributed by atoms with Crippen LogP contribution in [0.2, 0.25) is 0 Å². The van der Waals surface area contributed by atoms with E-state index in [1.54, 1.807) is 33.0 Å². The number of Topliss-reactive ketones (excluding diaryl/α,β-unsaturated/α-hetero) is 1. The Morgan fingerprint density at radius 3 is 2.46 bits per heavy atom. The zero-order chi connectivity index (χ0) is 18.1. The molecule has 2 aromatic rings. The van der Waals surface area contributed by atoms with Gasteiger partial charge in [0, 0.05) is 12.6 Å². The second kappa shape index (κ2) is 6.11. The van der Waals surface area contributed by atoms with Crippen LogP contribution in [-0.2, 0) is 22.9 Å². The summed E-state index contributed by atoms with van der Waals surface area (Å²) >= 11 is 0. The number of aromatic nitrogens is 2. The lowest BCUT2D eigenvalue weighted by Crippen LogP contribution is -2.37. The molecule has 0 saturated carbocycles. The van der Waals surface area contributed by atoms with Crippen molar-refractivity contribution in [3.05, 3.63) is 58.7 Å². The van der Waals surface area contributed by atoms with Crippen LogP contribution in [-0.4, -0.2) is 15.6 Å². The average Bonchev–Trinajstić information content (AvgIpc) is 2.93. The fourth-order valence-corrected chi connectivity index (χ4v) is 2.27. The summed E-state index contributed by atoms with van der Waals surface area (Å²) in [6.07, 6.45) is -3.14. The number of benzene rings is 1. The highest BCUT2D eigenvalue weighted by Crippen LogP contribution is 2.37. The molecular weight excluding hydrogens is 319 g/mol. The number of aryl methyl sites for hydroxylation is 1. The molecule has 0 fully saturated rings. The van der Waals surface area contributed by atoms with Gasteiger partial charge in [-0.25, -0.2) is 4.85 Å². The van der Waals surface area contributed by atoms with Gasteiger partial charge in [-0.3, -0.25) is 9.48 Å². The normalized spacial score (nSPS) is 12.0. The molecule has 0 N–H and O–H groups in total. The highest BCUT2D eigenvalue weighted by atomic mass is 19.4. The Balaban J connectivity index is 2.31. The first-order valence-corrected chi connectivity index (χ1v) is 7.19. The van der Waals surface area contributed by atoms with Crippen molar-refractivity contribution in [1.82, 2.24) is 9.78 Å². The maximum atomic E-state index is 13.0. The van der Waals surface area contributed by atoms with Crippen molar-refractivity contribution in [3.8, 4) is 0 Å². The first-order valence-electron chi connectivity index (χ1n) is 7.19. The second-order valence-electron chi connectivity index (χ2n) is 6.02. The highest BCUT2D eigenvalue weighted by molar-refractivity contribution is 5.87. The Bertz CT molecular complexity index is 813. The molecule has 4 nitrogen and oxygen atoms in total. The fraction of sp³-hybridized carbons (Fsp3) is 0.353. The molecule has 1 aromatic heterocycles. The van der Waals surface area contributed by atoms with Gasteiger partial charge >= 0.3 is 6.18 Å². The smallest absolute Gasteiger partial charge is 0.297 e. The number of carbonyl (C=O) groups excluding carboxylic acids is 1. The van der Waals surface area contributed by atoms with Gasteiger partial charge in [0.2, 0.25) is 0 Å². The highest BCUT2D eigenvalue weighted by Gasteiger charge is 2.35. The molecule has 0 atom stereocenters. The van der Waals surface area contributed by atoms with Crippen molar-refractivity contribution in [1.29, 1.82) is 0 Å². The summed E-state index contributed by atoms with van der Waals surface area (Å²) in [6.45, 7) is 12.0. The lowest BCUT2D eigenvalue weighted by Gasteiger charge is -2.24. The van der Waals surface area contributed by atoms with E-state index in [-0.39, 0.29) is 17.8 Å². The third-order valence-electron chi connectivity index (χ3n) is 3.83. The van der Waals surface area contributed by atoms with E-state index in [1.807, 2.05) is 0 Å². The van der Waals surface area contributed by atoms with Gasteiger partial charge in [0.25, 0.3) is 0 Å². The average molecular weight is 335 g/mol. The Kier molecular flexibility index (Phi) is 4.52. The van der Waals surface area contributed by atoms with Crippen LogP contribution in [0.1, 0.15) is 30.7 Å². The number of carbonyl (C=O) groups is 1. The molecule has 24 heavy (non-hydrogen) atoms. The van der Waals surface area contributed by atoms with Crippen molar-refractivity contribution >= 4 is 11.5 Å². The van der Waals surface area contributed by atoms with Crippen molar-refractivity contribution in [3.63, 3.8) is 0 Å². The molecule has 0 radical (unpaired) electrons. The summed E-state index contributed by atoms with van der Waals surface area (Å²) in [7, 11) is 0. The van der Waals surface area contributed by atoms with Gasteiger partial charge in [-0.05, 0) is 32.4 Å². The summed E-state index contributed by atoms with van der Waals surface area (Å²) in [5.74, 6) is -0.269. The molecule has 0 bridgehead atoms. The Hall–Kier alpha value is -2.62. The van der Waals surface area contributed by atoms with Gasteiger partial charge in [0.05, 0.1) is 17.8 Å². The maximum absolute atomic E-state index is 13.0. The number of rotatable bonds is 4.